The number of H-pyrrole nitrogens is 1. The number of benzene rings is 2. The maximum absolute atomic E-state index is 13.5. The topological polar surface area (TPSA) is 92.9 Å². The van der Waals surface area contributed by atoms with Crippen molar-refractivity contribution in [3.63, 3.8) is 0 Å². The maximum atomic E-state index is 13.5. The van der Waals surface area contributed by atoms with Crippen molar-refractivity contribution in [3.8, 4) is 11.5 Å². The number of nitrogens with zero attached hydrogens (tertiary/aromatic N) is 1. The summed E-state index contributed by atoms with van der Waals surface area (Å²) in [5.41, 5.74) is 2.19. The molecule has 8 nitrogen and oxygen atoms in total. The quantitative estimate of drug-likeness (QED) is 0.575. The van der Waals surface area contributed by atoms with Crippen molar-refractivity contribution in [1.82, 2.24) is 10.3 Å². The predicted octanol–water partition coefficient (Wildman–Crippen LogP) is 2.54. The predicted molar refractivity (Wildman–Crippen MR) is 124 cm³/mol. The molecule has 2 saturated heterocycles. The number of anilines is 1. The Morgan fingerprint density at radius 3 is 3.00 bits per heavy atom. The summed E-state index contributed by atoms with van der Waals surface area (Å²) >= 11 is 0. The molecule has 2 fully saturated rings. The van der Waals surface area contributed by atoms with Crippen molar-refractivity contribution < 1.29 is 23.8 Å². The highest BCUT2D eigenvalue weighted by Crippen LogP contribution is 2.53. The number of aromatic amines is 1. The van der Waals surface area contributed by atoms with Crippen LogP contribution in [0.4, 0.5) is 5.69 Å². The summed E-state index contributed by atoms with van der Waals surface area (Å²) in [5, 5.41) is 4.22. The molecule has 7 rings (SSSR count). The number of carbonyl (C=O) groups excluding carboxylic acids is 2. The van der Waals surface area contributed by atoms with Gasteiger partial charge in [-0.05, 0) is 30.2 Å². The van der Waals surface area contributed by atoms with Gasteiger partial charge in [-0.15, -0.1) is 0 Å². The van der Waals surface area contributed by atoms with Crippen LogP contribution in [-0.4, -0.2) is 48.4 Å². The molecule has 0 saturated carbocycles. The molecular formula is C26H23N3O5. The van der Waals surface area contributed by atoms with Gasteiger partial charge in [-0.2, -0.15) is 0 Å². The number of fused-ring (bicyclic) bond motifs is 3. The fourth-order valence-electron chi connectivity index (χ4n) is 5.85. The first-order valence-electron chi connectivity index (χ1n) is 11.5. The van der Waals surface area contributed by atoms with Gasteiger partial charge in [-0.1, -0.05) is 30.4 Å². The van der Waals surface area contributed by atoms with Crippen LogP contribution < -0.4 is 19.7 Å². The van der Waals surface area contributed by atoms with Crippen molar-refractivity contribution in [1.29, 1.82) is 0 Å². The van der Waals surface area contributed by atoms with Crippen LogP contribution in [0.1, 0.15) is 5.56 Å². The molecule has 3 aromatic rings. The molecule has 0 aliphatic carbocycles. The van der Waals surface area contributed by atoms with Gasteiger partial charge < -0.3 is 29.4 Å². The van der Waals surface area contributed by atoms with Gasteiger partial charge in [0.15, 0.2) is 11.5 Å². The molecule has 0 radical (unpaired) electrons. The van der Waals surface area contributed by atoms with Gasteiger partial charge in [0.2, 0.25) is 18.6 Å². The second-order valence-electron chi connectivity index (χ2n) is 9.26. The number of aromatic nitrogens is 1. The van der Waals surface area contributed by atoms with Gasteiger partial charge in [0.05, 0.1) is 24.5 Å². The minimum absolute atomic E-state index is 0.0949. The summed E-state index contributed by atoms with van der Waals surface area (Å²) in [5.74, 6) is -0.0320. The Balaban J connectivity index is 1.08. The number of carbonyl (C=O) groups is 2. The highest BCUT2D eigenvalue weighted by molar-refractivity contribution is 6.03. The molecule has 0 unspecified atom stereocenters. The smallest absolute Gasteiger partial charge is 0.234 e. The number of hydrogen-bond acceptors (Lipinski definition) is 5. The van der Waals surface area contributed by atoms with E-state index < -0.39 is 17.4 Å². The van der Waals surface area contributed by atoms with Gasteiger partial charge in [-0.3, -0.25) is 9.59 Å². The van der Waals surface area contributed by atoms with E-state index in [4.69, 9.17) is 14.2 Å². The number of amides is 2. The van der Waals surface area contributed by atoms with Crippen LogP contribution in [0.25, 0.3) is 10.9 Å². The Morgan fingerprint density at radius 2 is 2.06 bits per heavy atom. The van der Waals surface area contributed by atoms with Gasteiger partial charge in [0, 0.05) is 35.4 Å². The van der Waals surface area contributed by atoms with E-state index >= 15 is 0 Å². The SMILES string of the molecule is O=C(NCCc1c[nH]c2ccccc12)[C@H]1[C@@H]2C=C[C@]3(CN(c4ccc5c(c4)OCO5)C(=O)[C@H]13)O2. The average Bonchev–Trinajstić information content (AvgIpc) is 3.66. The van der Waals surface area contributed by atoms with Crippen LogP contribution in [0.5, 0.6) is 11.5 Å². The zero-order valence-corrected chi connectivity index (χ0v) is 18.3. The summed E-state index contributed by atoms with van der Waals surface area (Å²) in [7, 11) is 0. The van der Waals surface area contributed by atoms with E-state index in [1.54, 1.807) is 11.0 Å². The molecule has 2 bridgehead atoms. The second-order valence-corrected chi connectivity index (χ2v) is 9.26. The molecule has 4 aliphatic rings. The van der Waals surface area contributed by atoms with E-state index in [2.05, 4.69) is 16.4 Å². The molecule has 2 amide bonds. The fourth-order valence-corrected chi connectivity index (χ4v) is 5.85. The first kappa shape index (κ1) is 19.7. The summed E-state index contributed by atoms with van der Waals surface area (Å²) in [6.45, 7) is 1.04. The lowest BCUT2D eigenvalue weighted by Gasteiger charge is -2.23. The van der Waals surface area contributed by atoms with Gasteiger partial charge in [0.25, 0.3) is 0 Å². The number of nitrogens with one attached hydrogen (secondary N) is 2. The molecular weight excluding hydrogens is 434 g/mol. The summed E-state index contributed by atoms with van der Waals surface area (Å²) in [6.07, 6.45) is 6.20. The van der Waals surface area contributed by atoms with E-state index in [9.17, 15) is 9.59 Å². The van der Waals surface area contributed by atoms with E-state index in [0.717, 1.165) is 22.2 Å². The van der Waals surface area contributed by atoms with Crippen molar-refractivity contribution in [3.05, 3.63) is 66.4 Å². The number of hydrogen-bond donors (Lipinski definition) is 2. The van der Waals surface area contributed by atoms with Crippen molar-refractivity contribution >= 4 is 28.4 Å². The zero-order chi connectivity index (χ0) is 22.9. The van der Waals surface area contributed by atoms with Gasteiger partial charge in [0.1, 0.15) is 5.60 Å². The molecule has 2 aromatic carbocycles. The van der Waals surface area contributed by atoms with Crippen LogP contribution in [0.15, 0.2) is 60.8 Å². The monoisotopic (exact) mass is 457 g/mol. The third-order valence-corrected chi connectivity index (χ3v) is 7.44. The lowest BCUT2D eigenvalue weighted by Crippen LogP contribution is -2.44. The summed E-state index contributed by atoms with van der Waals surface area (Å²) < 4.78 is 17.1. The molecule has 1 spiro atoms. The van der Waals surface area contributed by atoms with Crippen molar-refractivity contribution in [2.45, 2.75) is 18.1 Å². The number of rotatable bonds is 5. The highest BCUT2D eigenvalue weighted by atomic mass is 16.7. The van der Waals surface area contributed by atoms with Crippen molar-refractivity contribution in [2.75, 3.05) is 24.8 Å². The number of para-hydroxylation sites is 1. The summed E-state index contributed by atoms with van der Waals surface area (Å²) in [4.78, 5) is 31.8. The standard InChI is InChI=1S/C26H23N3O5/c30-24(27-10-8-15-12-28-18-4-2-1-3-17(15)18)22-20-7-9-26(34-20)13-29(25(31)23(22)26)16-5-6-19-21(11-16)33-14-32-19/h1-7,9,11-12,20,22-23,28H,8,10,13-14H2,(H,27,30)/t20-,22-,23-,26+/m0/s1. The van der Waals surface area contributed by atoms with E-state index in [-0.39, 0.29) is 24.7 Å². The molecule has 8 heteroatoms. The van der Waals surface area contributed by atoms with Gasteiger partial charge in [-0.25, -0.2) is 0 Å². The average molecular weight is 457 g/mol. The van der Waals surface area contributed by atoms with Crippen LogP contribution in [0.3, 0.4) is 0 Å². The first-order chi connectivity index (χ1) is 16.6. The van der Waals surface area contributed by atoms with Crippen LogP contribution in [-0.2, 0) is 20.7 Å². The summed E-state index contributed by atoms with van der Waals surface area (Å²) in [6, 6.07) is 13.6. The minimum Gasteiger partial charge on any atom is -0.454 e. The highest BCUT2D eigenvalue weighted by Gasteiger charge is 2.67. The fraction of sp³-hybridized carbons (Fsp3) is 0.308. The third-order valence-electron chi connectivity index (χ3n) is 7.44. The molecule has 1 aromatic heterocycles. The Kier molecular flexibility index (Phi) is 4.11. The maximum Gasteiger partial charge on any atom is 0.234 e. The Hall–Kier alpha value is -3.78. The first-order valence-corrected chi connectivity index (χ1v) is 11.5. The molecule has 4 atom stereocenters. The molecule has 5 heterocycles. The molecule has 2 N–H and O–H groups in total. The van der Waals surface area contributed by atoms with E-state index in [1.165, 1.54) is 0 Å². The van der Waals surface area contributed by atoms with Crippen molar-refractivity contribution in [2.24, 2.45) is 11.8 Å². The van der Waals surface area contributed by atoms with Gasteiger partial charge >= 0.3 is 0 Å². The van der Waals surface area contributed by atoms with Crippen LogP contribution in [0.2, 0.25) is 0 Å². The third kappa shape index (κ3) is 2.75. The number of ether oxygens (including phenoxy) is 3. The Bertz CT molecular complexity index is 1360. The minimum atomic E-state index is -0.767. The Morgan fingerprint density at radius 1 is 1.18 bits per heavy atom. The lowest BCUT2D eigenvalue weighted by atomic mass is 9.77. The molecule has 4 aliphatic heterocycles. The van der Waals surface area contributed by atoms with Crippen LogP contribution in [0, 0.1) is 11.8 Å². The molecule has 34 heavy (non-hydrogen) atoms. The normalized spacial score (nSPS) is 28.2. The second kappa shape index (κ2) is 7.11. The van der Waals surface area contributed by atoms with Crippen LogP contribution >= 0.6 is 0 Å². The zero-order valence-electron chi connectivity index (χ0n) is 18.3. The molecule has 172 valence electrons. The largest absolute Gasteiger partial charge is 0.454 e. The van der Waals surface area contributed by atoms with E-state index in [0.29, 0.717) is 31.0 Å². The Labute approximate surface area is 195 Å². The van der Waals surface area contributed by atoms with E-state index in [1.807, 2.05) is 48.7 Å². The lowest BCUT2D eigenvalue weighted by molar-refractivity contribution is -0.131.